The molecule has 184 valence electrons. The van der Waals surface area contributed by atoms with Gasteiger partial charge in [0.25, 0.3) is 0 Å². The van der Waals surface area contributed by atoms with E-state index in [1.807, 2.05) is 6.08 Å². The molecule has 0 amide bonds. The Labute approximate surface area is 186 Å². The van der Waals surface area contributed by atoms with Crippen LogP contribution in [-0.4, -0.2) is 82.2 Å². The lowest BCUT2D eigenvalue weighted by molar-refractivity contribution is -0.299. The summed E-state index contributed by atoms with van der Waals surface area (Å²) >= 11 is 0. The Morgan fingerprint density at radius 1 is 0.871 bits per heavy atom. The summed E-state index contributed by atoms with van der Waals surface area (Å²) < 4.78 is 15.6. The molecule has 1 rings (SSSR count). The van der Waals surface area contributed by atoms with E-state index in [2.05, 4.69) is 6.92 Å². The maximum Gasteiger partial charge on any atom is 0.184 e. The van der Waals surface area contributed by atoms with E-state index in [-0.39, 0.29) is 13.2 Å². The molecule has 31 heavy (non-hydrogen) atoms. The number of ether oxygens (including phenoxy) is 3. The van der Waals surface area contributed by atoms with Crippen molar-refractivity contribution in [2.24, 2.45) is 0 Å². The number of hydrogen-bond donors (Lipinski definition) is 5. The highest BCUT2D eigenvalue weighted by atomic mass is 16.7. The predicted octanol–water partition coefficient (Wildman–Crippen LogP) is 2.01. The molecule has 1 aliphatic heterocycles. The molecule has 1 saturated heterocycles. The molecule has 0 aromatic carbocycles. The van der Waals surface area contributed by atoms with Crippen LogP contribution >= 0.6 is 0 Å². The van der Waals surface area contributed by atoms with Gasteiger partial charge in [0.2, 0.25) is 0 Å². The fourth-order valence-corrected chi connectivity index (χ4v) is 3.57. The van der Waals surface area contributed by atoms with Gasteiger partial charge in [0, 0.05) is 0 Å². The summed E-state index contributed by atoms with van der Waals surface area (Å²) in [5.41, 5.74) is 0. The van der Waals surface area contributed by atoms with E-state index < -0.39 is 43.4 Å². The number of aliphatic hydroxyl groups is 5. The standard InChI is InChI=1S/C23H44O8/c1-2-3-4-5-6-7-8-9-10-11-12-13-14-29-16-18(25)17-30-22-21(27)20(26)19(15-24)31-23(22)28/h13-14,18-28H,2-12,15-17H2,1H3/b14-13+/t18?,19-,20+,21+,22-,23-/m1/s1. The van der Waals surface area contributed by atoms with Crippen molar-refractivity contribution in [1.82, 2.24) is 0 Å². The van der Waals surface area contributed by atoms with Gasteiger partial charge >= 0.3 is 0 Å². The maximum absolute atomic E-state index is 9.98. The van der Waals surface area contributed by atoms with Gasteiger partial charge in [-0.1, -0.05) is 64.7 Å². The van der Waals surface area contributed by atoms with Crippen molar-refractivity contribution in [3.05, 3.63) is 12.3 Å². The zero-order valence-corrected chi connectivity index (χ0v) is 19.0. The fourth-order valence-electron chi connectivity index (χ4n) is 3.57. The Balaban J connectivity index is 2.00. The topological polar surface area (TPSA) is 129 Å². The van der Waals surface area contributed by atoms with Crippen LogP contribution in [0.3, 0.4) is 0 Å². The third kappa shape index (κ3) is 12.2. The molecule has 0 aliphatic carbocycles. The molecule has 6 atom stereocenters. The summed E-state index contributed by atoms with van der Waals surface area (Å²) in [7, 11) is 0. The molecule has 1 heterocycles. The van der Waals surface area contributed by atoms with Gasteiger partial charge in [-0.15, -0.1) is 0 Å². The summed E-state index contributed by atoms with van der Waals surface area (Å²) in [6.45, 7) is 1.51. The molecule has 5 N–H and O–H groups in total. The lowest BCUT2D eigenvalue weighted by Gasteiger charge is -2.39. The third-order valence-corrected chi connectivity index (χ3v) is 5.53. The minimum absolute atomic E-state index is 0.0100. The van der Waals surface area contributed by atoms with Gasteiger partial charge in [0.15, 0.2) is 6.29 Å². The smallest absolute Gasteiger partial charge is 0.184 e. The third-order valence-electron chi connectivity index (χ3n) is 5.53. The Bertz CT molecular complexity index is 447. The predicted molar refractivity (Wildman–Crippen MR) is 117 cm³/mol. The van der Waals surface area contributed by atoms with Gasteiger partial charge in [0.1, 0.15) is 37.1 Å². The number of rotatable bonds is 18. The summed E-state index contributed by atoms with van der Waals surface area (Å²) in [6.07, 6.45) is 9.84. The maximum atomic E-state index is 9.98. The fraction of sp³-hybridized carbons (Fsp3) is 0.913. The van der Waals surface area contributed by atoms with Gasteiger partial charge in [0.05, 0.1) is 19.5 Å². The van der Waals surface area contributed by atoms with Crippen molar-refractivity contribution in [3.63, 3.8) is 0 Å². The van der Waals surface area contributed by atoms with Crippen molar-refractivity contribution in [2.75, 3.05) is 19.8 Å². The Hall–Kier alpha value is -0.740. The van der Waals surface area contributed by atoms with E-state index in [1.54, 1.807) is 6.26 Å². The van der Waals surface area contributed by atoms with E-state index >= 15 is 0 Å². The van der Waals surface area contributed by atoms with Crippen molar-refractivity contribution >= 4 is 0 Å². The molecule has 0 radical (unpaired) electrons. The number of aliphatic hydroxyl groups excluding tert-OH is 5. The highest BCUT2D eigenvalue weighted by molar-refractivity contribution is 4.89. The van der Waals surface area contributed by atoms with Gasteiger partial charge in [-0.2, -0.15) is 0 Å². The van der Waals surface area contributed by atoms with Crippen LogP contribution in [0.5, 0.6) is 0 Å². The zero-order valence-electron chi connectivity index (χ0n) is 19.0. The van der Waals surface area contributed by atoms with Crippen LogP contribution in [0.4, 0.5) is 0 Å². The lowest BCUT2D eigenvalue weighted by Crippen LogP contribution is -2.59. The van der Waals surface area contributed by atoms with E-state index in [1.165, 1.54) is 57.8 Å². The van der Waals surface area contributed by atoms with Crippen LogP contribution in [0.1, 0.15) is 77.6 Å². The van der Waals surface area contributed by atoms with Crippen LogP contribution in [0, 0.1) is 0 Å². The van der Waals surface area contributed by atoms with Crippen molar-refractivity contribution in [3.8, 4) is 0 Å². The van der Waals surface area contributed by atoms with Crippen molar-refractivity contribution < 1.29 is 39.7 Å². The first-order valence-corrected chi connectivity index (χ1v) is 11.9. The van der Waals surface area contributed by atoms with E-state index in [0.29, 0.717) is 0 Å². The van der Waals surface area contributed by atoms with Gasteiger partial charge in [-0.25, -0.2) is 0 Å². The minimum Gasteiger partial charge on any atom is -0.499 e. The highest BCUT2D eigenvalue weighted by Crippen LogP contribution is 2.22. The summed E-state index contributed by atoms with van der Waals surface area (Å²) in [5.74, 6) is 0. The molecule has 0 aromatic heterocycles. The second kappa shape index (κ2) is 17.8. The highest BCUT2D eigenvalue weighted by Gasteiger charge is 2.44. The molecule has 0 spiro atoms. The average Bonchev–Trinajstić information content (AvgIpc) is 2.76. The second-order valence-corrected chi connectivity index (χ2v) is 8.36. The monoisotopic (exact) mass is 448 g/mol. The molecular weight excluding hydrogens is 404 g/mol. The molecule has 0 saturated carbocycles. The quantitative estimate of drug-likeness (QED) is 0.159. The van der Waals surface area contributed by atoms with Crippen LogP contribution in [-0.2, 0) is 14.2 Å². The lowest BCUT2D eigenvalue weighted by atomic mass is 9.99. The van der Waals surface area contributed by atoms with Gasteiger partial charge in [-0.3, -0.25) is 0 Å². The summed E-state index contributed by atoms with van der Waals surface area (Å²) in [4.78, 5) is 0. The molecule has 8 nitrogen and oxygen atoms in total. The molecule has 1 unspecified atom stereocenters. The normalized spacial score (nSPS) is 27.6. The van der Waals surface area contributed by atoms with Crippen LogP contribution < -0.4 is 0 Å². The summed E-state index contributed by atoms with van der Waals surface area (Å²) in [6, 6.07) is 0. The first kappa shape index (κ1) is 28.3. The Morgan fingerprint density at radius 3 is 2.10 bits per heavy atom. The van der Waals surface area contributed by atoms with Gasteiger partial charge in [-0.05, 0) is 18.9 Å². The van der Waals surface area contributed by atoms with Crippen molar-refractivity contribution in [1.29, 1.82) is 0 Å². The number of allylic oxidation sites excluding steroid dienone is 1. The molecule has 1 fully saturated rings. The average molecular weight is 449 g/mol. The van der Waals surface area contributed by atoms with E-state index in [4.69, 9.17) is 19.3 Å². The molecule has 8 heteroatoms. The molecular formula is C23H44O8. The van der Waals surface area contributed by atoms with Crippen LogP contribution in [0.15, 0.2) is 12.3 Å². The second-order valence-electron chi connectivity index (χ2n) is 8.36. The largest absolute Gasteiger partial charge is 0.499 e. The van der Waals surface area contributed by atoms with E-state index in [9.17, 15) is 20.4 Å². The SMILES string of the molecule is CCCCCCCCCCCC/C=C/OCC(O)CO[C@@H]1[C@@H](O)[C@@H](O)[C@@H](CO)O[C@H]1O. The van der Waals surface area contributed by atoms with E-state index in [0.717, 1.165) is 12.8 Å². The minimum atomic E-state index is -1.51. The molecule has 0 bridgehead atoms. The number of hydrogen-bond acceptors (Lipinski definition) is 8. The van der Waals surface area contributed by atoms with Gasteiger partial charge < -0.3 is 39.7 Å². The summed E-state index contributed by atoms with van der Waals surface area (Å²) in [5, 5.41) is 48.6. The Kier molecular flexibility index (Phi) is 16.2. The molecule has 0 aromatic rings. The van der Waals surface area contributed by atoms with Crippen LogP contribution in [0.2, 0.25) is 0 Å². The van der Waals surface area contributed by atoms with Crippen LogP contribution in [0.25, 0.3) is 0 Å². The zero-order chi connectivity index (χ0) is 22.9. The number of unbranched alkanes of at least 4 members (excludes halogenated alkanes) is 10. The van der Waals surface area contributed by atoms with Crippen molar-refractivity contribution in [2.45, 2.75) is 114 Å². The first-order valence-electron chi connectivity index (χ1n) is 11.9. The Morgan fingerprint density at radius 2 is 1.48 bits per heavy atom. The molecule has 1 aliphatic rings. The first-order chi connectivity index (χ1) is 15.0.